The second-order valence-corrected chi connectivity index (χ2v) is 9.66. The second kappa shape index (κ2) is 8.64. The lowest BCUT2D eigenvalue weighted by molar-refractivity contribution is -0.139. The Morgan fingerprint density at radius 1 is 1.26 bits per heavy atom. The first-order valence-corrected chi connectivity index (χ1v) is 12.2. The number of benzene rings is 2. The number of aliphatic hydroxyl groups excluding tert-OH is 1. The molecule has 4 aromatic rings. The number of hydrogen-bond acceptors (Lipinski definition) is 4. The van der Waals surface area contributed by atoms with Gasteiger partial charge in [-0.15, -0.1) is 0 Å². The standard InChI is InChI=1S/C28H28FN3O3/c1-35-25-10-9-16(13-20(25)29)14-22-27-26(17-5-2-3-7-21(17)31-27)18-11-12-32(15-23(18)30-22)28(34)19-6-4-8-24(19)33/h2-3,5,7,9-10,13,19,24,31,33H,4,6,8,11-12,14-15H2,1H3. The number of ether oxygens (including phenoxy) is 1. The Bertz CT molecular complexity index is 1450. The molecule has 2 aromatic carbocycles. The molecule has 2 atom stereocenters. The zero-order valence-corrected chi connectivity index (χ0v) is 19.7. The van der Waals surface area contributed by atoms with E-state index in [0.717, 1.165) is 57.2 Å². The number of hydrogen-bond donors (Lipinski definition) is 2. The van der Waals surface area contributed by atoms with Gasteiger partial charge in [-0.25, -0.2) is 4.39 Å². The Morgan fingerprint density at radius 2 is 2.11 bits per heavy atom. The van der Waals surface area contributed by atoms with Crippen LogP contribution in [0.25, 0.3) is 21.8 Å². The molecular formula is C28H28FN3O3. The number of carbonyl (C=O) groups is 1. The van der Waals surface area contributed by atoms with Gasteiger partial charge in [0, 0.05) is 29.3 Å². The molecule has 6 rings (SSSR count). The normalized spacial score (nSPS) is 19.9. The van der Waals surface area contributed by atoms with Crippen LogP contribution in [0.15, 0.2) is 42.5 Å². The summed E-state index contributed by atoms with van der Waals surface area (Å²) in [5.74, 6) is -0.468. The van der Waals surface area contributed by atoms with Gasteiger partial charge in [-0.05, 0) is 55.0 Å². The summed E-state index contributed by atoms with van der Waals surface area (Å²) in [6.45, 7) is 1.05. The monoisotopic (exact) mass is 473 g/mol. The van der Waals surface area contributed by atoms with Gasteiger partial charge < -0.3 is 19.7 Å². The van der Waals surface area contributed by atoms with Gasteiger partial charge in [-0.1, -0.05) is 24.3 Å². The highest BCUT2D eigenvalue weighted by Gasteiger charge is 2.36. The maximum atomic E-state index is 14.4. The zero-order valence-electron chi connectivity index (χ0n) is 19.7. The minimum atomic E-state index is -0.548. The van der Waals surface area contributed by atoms with Gasteiger partial charge in [-0.2, -0.15) is 0 Å². The SMILES string of the molecule is COc1ccc(Cc2nc3c(c4c2[nH]c2ccccc24)CCN(C(=O)C2CCCC2O)C3)cc1F. The topological polar surface area (TPSA) is 78.5 Å². The predicted molar refractivity (Wildman–Crippen MR) is 132 cm³/mol. The fourth-order valence-electron chi connectivity index (χ4n) is 5.80. The number of H-pyrrole nitrogens is 1. The summed E-state index contributed by atoms with van der Waals surface area (Å²) < 4.78 is 19.5. The number of pyridine rings is 1. The molecule has 1 amide bonds. The molecule has 2 aliphatic rings. The van der Waals surface area contributed by atoms with Crippen LogP contribution in [0.1, 0.15) is 41.8 Å². The van der Waals surface area contributed by atoms with Crippen molar-refractivity contribution in [2.75, 3.05) is 13.7 Å². The largest absolute Gasteiger partial charge is 0.494 e. The van der Waals surface area contributed by atoms with Crippen LogP contribution >= 0.6 is 0 Å². The Hall–Kier alpha value is -3.45. The van der Waals surface area contributed by atoms with Crippen molar-refractivity contribution in [2.45, 2.75) is 44.8 Å². The summed E-state index contributed by atoms with van der Waals surface area (Å²) in [5.41, 5.74) is 5.68. The summed E-state index contributed by atoms with van der Waals surface area (Å²) in [5, 5.41) is 12.6. The average molecular weight is 474 g/mol. The summed E-state index contributed by atoms with van der Waals surface area (Å²) in [6.07, 6.45) is 2.94. The third kappa shape index (κ3) is 3.74. The first-order valence-electron chi connectivity index (χ1n) is 12.2. The number of para-hydroxylation sites is 1. The Kier molecular flexibility index (Phi) is 5.44. The van der Waals surface area contributed by atoms with Crippen LogP contribution in [0, 0.1) is 11.7 Å². The first-order chi connectivity index (χ1) is 17.0. The summed E-state index contributed by atoms with van der Waals surface area (Å²) in [4.78, 5) is 23.6. The fourth-order valence-corrected chi connectivity index (χ4v) is 5.80. The van der Waals surface area contributed by atoms with E-state index in [2.05, 4.69) is 17.1 Å². The second-order valence-electron chi connectivity index (χ2n) is 9.66. The lowest BCUT2D eigenvalue weighted by atomic mass is 9.95. The van der Waals surface area contributed by atoms with E-state index in [9.17, 15) is 14.3 Å². The van der Waals surface area contributed by atoms with Crippen molar-refractivity contribution in [3.63, 3.8) is 0 Å². The third-order valence-corrected chi connectivity index (χ3v) is 7.58. The molecule has 0 saturated heterocycles. The minimum Gasteiger partial charge on any atom is -0.494 e. The number of aliphatic hydroxyl groups is 1. The van der Waals surface area contributed by atoms with Gasteiger partial charge in [0.05, 0.1) is 42.6 Å². The molecule has 2 unspecified atom stereocenters. The maximum Gasteiger partial charge on any atom is 0.228 e. The minimum absolute atomic E-state index is 0.0280. The molecule has 1 aliphatic carbocycles. The van der Waals surface area contributed by atoms with Gasteiger partial charge in [0.1, 0.15) is 0 Å². The average Bonchev–Trinajstić information content (AvgIpc) is 3.47. The fraction of sp³-hybridized carbons (Fsp3) is 0.357. The van der Waals surface area contributed by atoms with E-state index in [1.807, 2.05) is 23.1 Å². The number of fused-ring (bicyclic) bond motifs is 5. The molecule has 7 heteroatoms. The van der Waals surface area contributed by atoms with Crippen molar-refractivity contribution >= 4 is 27.7 Å². The van der Waals surface area contributed by atoms with Crippen LogP contribution in [-0.4, -0.2) is 45.6 Å². The maximum absolute atomic E-state index is 14.4. The molecular weight excluding hydrogens is 445 g/mol. The van der Waals surface area contributed by atoms with E-state index in [1.54, 1.807) is 6.07 Å². The Labute approximate surface area is 202 Å². The highest BCUT2D eigenvalue weighted by atomic mass is 19.1. The molecule has 0 radical (unpaired) electrons. The van der Waals surface area contributed by atoms with Crippen molar-refractivity contribution in [3.8, 4) is 5.75 Å². The molecule has 35 heavy (non-hydrogen) atoms. The van der Waals surface area contributed by atoms with Crippen LogP contribution < -0.4 is 4.74 Å². The predicted octanol–water partition coefficient (Wildman–Crippen LogP) is 4.50. The zero-order chi connectivity index (χ0) is 24.1. The van der Waals surface area contributed by atoms with Gasteiger partial charge in [0.2, 0.25) is 5.91 Å². The number of rotatable bonds is 4. The van der Waals surface area contributed by atoms with E-state index in [1.165, 1.54) is 13.2 Å². The van der Waals surface area contributed by atoms with Crippen LogP contribution in [0.5, 0.6) is 5.75 Å². The molecule has 1 aliphatic heterocycles. The molecule has 3 heterocycles. The van der Waals surface area contributed by atoms with E-state index in [-0.39, 0.29) is 17.6 Å². The van der Waals surface area contributed by atoms with Crippen molar-refractivity contribution in [3.05, 3.63) is 70.8 Å². The van der Waals surface area contributed by atoms with E-state index in [0.29, 0.717) is 32.4 Å². The van der Waals surface area contributed by atoms with Crippen LogP contribution in [0.2, 0.25) is 0 Å². The number of nitrogens with one attached hydrogen (secondary N) is 1. The Balaban J connectivity index is 1.44. The smallest absolute Gasteiger partial charge is 0.228 e. The quantitative estimate of drug-likeness (QED) is 0.458. The number of nitrogens with zero attached hydrogens (tertiary/aromatic N) is 2. The molecule has 0 bridgehead atoms. The molecule has 6 nitrogen and oxygen atoms in total. The van der Waals surface area contributed by atoms with Crippen LogP contribution in [0.4, 0.5) is 4.39 Å². The number of aromatic amines is 1. The lowest BCUT2D eigenvalue weighted by Crippen LogP contribution is -2.42. The third-order valence-electron chi connectivity index (χ3n) is 7.58. The van der Waals surface area contributed by atoms with E-state index < -0.39 is 11.9 Å². The van der Waals surface area contributed by atoms with Crippen LogP contribution in [-0.2, 0) is 24.2 Å². The Morgan fingerprint density at radius 3 is 2.89 bits per heavy atom. The number of aromatic nitrogens is 2. The van der Waals surface area contributed by atoms with Gasteiger partial charge in [0.25, 0.3) is 0 Å². The van der Waals surface area contributed by atoms with Gasteiger partial charge >= 0.3 is 0 Å². The van der Waals surface area contributed by atoms with Crippen molar-refractivity contribution in [1.82, 2.24) is 14.9 Å². The molecule has 1 fully saturated rings. The van der Waals surface area contributed by atoms with E-state index in [4.69, 9.17) is 9.72 Å². The molecule has 2 N–H and O–H groups in total. The van der Waals surface area contributed by atoms with Crippen LogP contribution in [0.3, 0.4) is 0 Å². The molecule has 180 valence electrons. The highest BCUT2D eigenvalue weighted by molar-refractivity contribution is 6.10. The molecule has 0 spiro atoms. The number of methoxy groups -OCH3 is 1. The lowest BCUT2D eigenvalue weighted by Gasteiger charge is -2.32. The van der Waals surface area contributed by atoms with Gasteiger partial charge in [0.15, 0.2) is 11.6 Å². The highest BCUT2D eigenvalue weighted by Crippen LogP contribution is 2.36. The van der Waals surface area contributed by atoms with Crippen molar-refractivity contribution < 1.29 is 19.0 Å². The van der Waals surface area contributed by atoms with E-state index >= 15 is 0 Å². The molecule has 1 saturated carbocycles. The summed E-state index contributed by atoms with van der Waals surface area (Å²) in [6, 6.07) is 13.2. The van der Waals surface area contributed by atoms with Crippen molar-refractivity contribution in [2.24, 2.45) is 5.92 Å². The number of halogens is 1. The summed E-state index contributed by atoms with van der Waals surface area (Å²) >= 11 is 0. The number of carbonyl (C=O) groups excluding carboxylic acids is 1. The summed E-state index contributed by atoms with van der Waals surface area (Å²) in [7, 11) is 1.45. The number of amides is 1. The molecule has 2 aromatic heterocycles. The van der Waals surface area contributed by atoms with Gasteiger partial charge in [-0.3, -0.25) is 9.78 Å². The van der Waals surface area contributed by atoms with Crippen molar-refractivity contribution in [1.29, 1.82) is 0 Å². The first kappa shape index (κ1) is 22.0.